The maximum Gasteiger partial charge on any atom is 0.0601 e. The minimum Gasteiger partial charge on any atom is -0.375 e. The molecule has 2 atom stereocenters. The molecule has 1 saturated heterocycles. The van der Waals surface area contributed by atoms with Gasteiger partial charge in [0.05, 0.1) is 12.2 Å². The lowest BCUT2D eigenvalue weighted by molar-refractivity contribution is -0.0616. The fourth-order valence-electron chi connectivity index (χ4n) is 1.53. The molecule has 0 aromatic rings. The van der Waals surface area contributed by atoms with Gasteiger partial charge in [-0.15, -0.1) is 0 Å². The van der Waals surface area contributed by atoms with Crippen LogP contribution >= 0.6 is 0 Å². The van der Waals surface area contributed by atoms with E-state index in [0.717, 1.165) is 0 Å². The van der Waals surface area contributed by atoms with E-state index in [0.29, 0.717) is 18.1 Å². The topological polar surface area (TPSA) is 9.23 Å². The molecular formula is C9H18O. The largest absolute Gasteiger partial charge is 0.375 e. The molecule has 1 nitrogen and oxygen atoms in total. The molecule has 0 bridgehead atoms. The lowest BCUT2D eigenvalue weighted by Crippen LogP contribution is -2.29. The summed E-state index contributed by atoms with van der Waals surface area (Å²) in [6.45, 7) is 6.65. The number of hydrogen-bond donors (Lipinski definition) is 0. The van der Waals surface area contributed by atoms with E-state index in [1.165, 1.54) is 19.3 Å². The van der Waals surface area contributed by atoms with Crippen molar-refractivity contribution in [3.05, 3.63) is 0 Å². The molecule has 10 heavy (non-hydrogen) atoms. The SMILES string of the molecule is CC(C)[C@@H]1CCC[C@H](C)O1. The van der Waals surface area contributed by atoms with Crippen LogP contribution in [0.2, 0.25) is 0 Å². The Bertz CT molecular complexity index is 98.9. The first kappa shape index (κ1) is 8.06. The molecule has 1 heteroatoms. The molecular weight excluding hydrogens is 124 g/mol. The van der Waals surface area contributed by atoms with Gasteiger partial charge in [0.15, 0.2) is 0 Å². The highest BCUT2D eigenvalue weighted by molar-refractivity contribution is 4.70. The van der Waals surface area contributed by atoms with E-state index < -0.39 is 0 Å². The third kappa shape index (κ3) is 1.98. The average molecular weight is 142 g/mol. The van der Waals surface area contributed by atoms with Gasteiger partial charge >= 0.3 is 0 Å². The minimum atomic E-state index is 0.501. The van der Waals surface area contributed by atoms with Crippen LogP contribution in [-0.4, -0.2) is 12.2 Å². The van der Waals surface area contributed by atoms with Crippen molar-refractivity contribution < 1.29 is 4.74 Å². The molecule has 0 saturated carbocycles. The molecule has 0 amide bonds. The maximum absolute atomic E-state index is 5.75. The maximum atomic E-state index is 5.75. The van der Waals surface area contributed by atoms with Gasteiger partial charge in [-0.05, 0) is 32.1 Å². The van der Waals surface area contributed by atoms with E-state index in [9.17, 15) is 0 Å². The van der Waals surface area contributed by atoms with Gasteiger partial charge in [-0.1, -0.05) is 13.8 Å². The number of ether oxygens (including phenoxy) is 1. The van der Waals surface area contributed by atoms with Crippen molar-refractivity contribution >= 4 is 0 Å². The standard InChI is InChI=1S/C9H18O/c1-7(2)9-6-4-5-8(3)10-9/h7-9H,4-6H2,1-3H3/t8-,9-/m0/s1. The van der Waals surface area contributed by atoms with Crippen molar-refractivity contribution in [1.29, 1.82) is 0 Å². The van der Waals surface area contributed by atoms with Crippen LogP contribution in [-0.2, 0) is 4.74 Å². The molecule has 0 unspecified atom stereocenters. The van der Waals surface area contributed by atoms with Gasteiger partial charge in [0.2, 0.25) is 0 Å². The minimum absolute atomic E-state index is 0.501. The predicted octanol–water partition coefficient (Wildman–Crippen LogP) is 2.60. The van der Waals surface area contributed by atoms with Gasteiger partial charge in [-0.25, -0.2) is 0 Å². The predicted molar refractivity (Wildman–Crippen MR) is 43.0 cm³/mol. The molecule has 0 aromatic heterocycles. The van der Waals surface area contributed by atoms with E-state index >= 15 is 0 Å². The van der Waals surface area contributed by atoms with E-state index in [2.05, 4.69) is 20.8 Å². The van der Waals surface area contributed by atoms with Crippen LogP contribution < -0.4 is 0 Å². The molecule has 0 aromatic carbocycles. The van der Waals surface area contributed by atoms with Gasteiger partial charge in [-0.3, -0.25) is 0 Å². The Labute approximate surface area is 63.8 Å². The highest BCUT2D eigenvalue weighted by atomic mass is 16.5. The van der Waals surface area contributed by atoms with Crippen LogP contribution in [0.4, 0.5) is 0 Å². The van der Waals surface area contributed by atoms with E-state index in [4.69, 9.17) is 4.74 Å². The van der Waals surface area contributed by atoms with Crippen molar-refractivity contribution in [3.63, 3.8) is 0 Å². The van der Waals surface area contributed by atoms with Crippen LogP contribution in [0.25, 0.3) is 0 Å². The first-order valence-corrected chi connectivity index (χ1v) is 4.35. The zero-order valence-electron chi connectivity index (χ0n) is 7.26. The highest BCUT2D eigenvalue weighted by Crippen LogP contribution is 2.23. The summed E-state index contributed by atoms with van der Waals surface area (Å²) in [5.74, 6) is 0.697. The molecule has 1 aliphatic heterocycles. The van der Waals surface area contributed by atoms with Crippen LogP contribution in [0, 0.1) is 5.92 Å². The van der Waals surface area contributed by atoms with Gasteiger partial charge in [0.1, 0.15) is 0 Å². The molecule has 1 rings (SSSR count). The smallest absolute Gasteiger partial charge is 0.0601 e. The second-order valence-corrected chi connectivity index (χ2v) is 3.66. The molecule has 0 aliphatic carbocycles. The zero-order chi connectivity index (χ0) is 7.56. The first-order valence-electron chi connectivity index (χ1n) is 4.35. The third-order valence-electron chi connectivity index (χ3n) is 2.25. The van der Waals surface area contributed by atoms with Crippen LogP contribution in [0.5, 0.6) is 0 Å². The molecule has 1 heterocycles. The van der Waals surface area contributed by atoms with Gasteiger partial charge in [0, 0.05) is 0 Å². The van der Waals surface area contributed by atoms with Crippen molar-refractivity contribution in [3.8, 4) is 0 Å². The Morgan fingerprint density at radius 3 is 2.40 bits per heavy atom. The zero-order valence-corrected chi connectivity index (χ0v) is 7.26. The first-order chi connectivity index (χ1) is 4.70. The fraction of sp³-hybridized carbons (Fsp3) is 1.00. The highest BCUT2D eigenvalue weighted by Gasteiger charge is 2.21. The summed E-state index contributed by atoms with van der Waals surface area (Å²) in [5, 5.41) is 0. The average Bonchev–Trinajstić information content (AvgIpc) is 1.88. The third-order valence-corrected chi connectivity index (χ3v) is 2.25. The fourth-order valence-corrected chi connectivity index (χ4v) is 1.53. The molecule has 0 N–H and O–H groups in total. The lowest BCUT2D eigenvalue weighted by atomic mass is 9.97. The van der Waals surface area contributed by atoms with Crippen LogP contribution in [0.3, 0.4) is 0 Å². The van der Waals surface area contributed by atoms with Gasteiger partial charge in [0.25, 0.3) is 0 Å². The number of rotatable bonds is 1. The second kappa shape index (κ2) is 3.38. The Hall–Kier alpha value is -0.0400. The van der Waals surface area contributed by atoms with E-state index in [1.54, 1.807) is 0 Å². The Kier molecular flexibility index (Phi) is 2.72. The molecule has 1 aliphatic rings. The van der Waals surface area contributed by atoms with Crippen LogP contribution in [0.15, 0.2) is 0 Å². The molecule has 0 spiro atoms. The quantitative estimate of drug-likeness (QED) is 0.547. The van der Waals surface area contributed by atoms with Crippen LogP contribution in [0.1, 0.15) is 40.0 Å². The summed E-state index contributed by atoms with van der Waals surface area (Å²) in [6, 6.07) is 0. The summed E-state index contributed by atoms with van der Waals surface area (Å²) in [5.41, 5.74) is 0. The van der Waals surface area contributed by atoms with Crippen molar-refractivity contribution in [2.24, 2.45) is 5.92 Å². The normalized spacial score (nSPS) is 34.8. The summed E-state index contributed by atoms with van der Waals surface area (Å²) < 4.78 is 5.75. The molecule has 60 valence electrons. The molecule has 1 fully saturated rings. The number of hydrogen-bond acceptors (Lipinski definition) is 1. The summed E-state index contributed by atoms with van der Waals surface area (Å²) in [6.07, 6.45) is 4.90. The Balaban J connectivity index is 2.32. The van der Waals surface area contributed by atoms with Gasteiger partial charge < -0.3 is 4.74 Å². The Morgan fingerprint density at radius 2 is 2.00 bits per heavy atom. The second-order valence-electron chi connectivity index (χ2n) is 3.66. The summed E-state index contributed by atoms with van der Waals surface area (Å²) in [4.78, 5) is 0. The van der Waals surface area contributed by atoms with E-state index in [-0.39, 0.29) is 0 Å². The monoisotopic (exact) mass is 142 g/mol. The summed E-state index contributed by atoms with van der Waals surface area (Å²) >= 11 is 0. The molecule has 0 radical (unpaired) electrons. The lowest BCUT2D eigenvalue weighted by Gasteiger charge is -2.30. The van der Waals surface area contributed by atoms with Crippen molar-refractivity contribution in [2.75, 3.05) is 0 Å². The van der Waals surface area contributed by atoms with E-state index in [1.807, 2.05) is 0 Å². The van der Waals surface area contributed by atoms with Gasteiger partial charge in [-0.2, -0.15) is 0 Å². The summed E-state index contributed by atoms with van der Waals surface area (Å²) in [7, 11) is 0. The van der Waals surface area contributed by atoms with Crippen molar-refractivity contribution in [2.45, 2.75) is 52.2 Å². The van der Waals surface area contributed by atoms with Crippen molar-refractivity contribution in [1.82, 2.24) is 0 Å². The Morgan fingerprint density at radius 1 is 1.30 bits per heavy atom.